The van der Waals surface area contributed by atoms with Gasteiger partial charge in [0.25, 0.3) is 0 Å². The summed E-state index contributed by atoms with van der Waals surface area (Å²) in [6, 6.07) is 5.48. The summed E-state index contributed by atoms with van der Waals surface area (Å²) in [5.41, 5.74) is 6.41. The number of rotatable bonds is 8. The number of carboxylic acids is 1. The molecule has 1 aromatic carbocycles. The van der Waals surface area contributed by atoms with Crippen LogP contribution in [0.25, 0.3) is 0 Å². The third kappa shape index (κ3) is 5.38. The fourth-order valence-corrected chi connectivity index (χ4v) is 4.70. The normalized spacial score (nSPS) is 24.1. The molecule has 0 spiro atoms. The Balaban J connectivity index is 1.52. The zero-order chi connectivity index (χ0) is 21.0. The maximum atomic E-state index is 12.6. The van der Waals surface area contributed by atoms with Crippen molar-refractivity contribution >= 4 is 18.9 Å². The highest BCUT2D eigenvalue weighted by Gasteiger charge is 2.38. The van der Waals surface area contributed by atoms with Crippen LogP contribution in [0.3, 0.4) is 0 Å². The zero-order valence-electron chi connectivity index (χ0n) is 17.0. The number of Topliss-reactive ketones (excluding diaryl/α,β-unsaturated/α-hetero) is 1. The van der Waals surface area contributed by atoms with E-state index in [1.165, 1.54) is 6.07 Å². The molecule has 4 N–H and O–H groups in total. The predicted molar refractivity (Wildman–Crippen MR) is 111 cm³/mol. The minimum atomic E-state index is -1.16. The molecule has 0 unspecified atom stereocenters. The number of nitrogens with zero attached hydrogens (tertiary/aromatic N) is 1. The molecule has 7 nitrogen and oxygen atoms in total. The van der Waals surface area contributed by atoms with Crippen LogP contribution in [0.2, 0.25) is 5.82 Å². The summed E-state index contributed by atoms with van der Waals surface area (Å²) in [6.45, 7) is 1.57. The third-order valence-corrected chi connectivity index (χ3v) is 6.38. The van der Waals surface area contributed by atoms with Crippen LogP contribution in [0.15, 0.2) is 18.2 Å². The molecule has 3 rings (SSSR count). The molecule has 0 aromatic heterocycles. The molecule has 29 heavy (non-hydrogen) atoms. The van der Waals surface area contributed by atoms with Gasteiger partial charge in [-0.25, -0.2) is 4.79 Å². The second kappa shape index (κ2) is 9.74. The molecule has 1 aliphatic heterocycles. The lowest BCUT2D eigenvalue weighted by molar-refractivity contribution is -0.120. The molecule has 1 heterocycles. The molecule has 0 bridgehead atoms. The third-order valence-electron chi connectivity index (χ3n) is 6.38. The number of hydrogen-bond donors (Lipinski definition) is 3. The summed E-state index contributed by atoms with van der Waals surface area (Å²) in [5, 5.41) is 19.6. The van der Waals surface area contributed by atoms with Gasteiger partial charge in [-0.2, -0.15) is 0 Å². The van der Waals surface area contributed by atoms with E-state index in [1.54, 1.807) is 12.1 Å². The van der Waals surface area contributed by atoms with Crippen molar-refractivity contribution in [2.45, 2.75) is 56.8 Å². The van der Waals surface area contributed by atoms with Gasteiger partial charge in [0.05, 0.1) is 5.56 Å². The van der Waals surface area contributed by atoms with Gasteiger partial charge in [0.15, 0.2) is 0 Å². The van der Waals surface area contributed by atoms with E-state index in [9.17, 15) is 19.7 Å². The number of fused-ring (bicyclic) bond motifs is 1. The number of hydrogen-bond acceptors (Lipinski definition) is 6. The summed E-state index contributed by atoms with van der Waals surface area (Å²) in [5.74, 6) is -0.662. The number of benzene rings is 1. The molecule has 2 aliphatic rings. The lowest BCUT2D eigenvalue weighted by atomic mass is 9.64. The zero-order valence-corrected chi connectivity index (χ0v) is 17.0. The van der Waals surface area contributed by atoms with E-state index < -0.39 is 13.1 Å². The van der Waals surface area contributed by atoms with Gasteiger partial charge >= 0.3 is 13.1 Å². The van der Waals surface area contributed by atoms with Crippen molar-refractivity contribution in [2.24, 2.45) is 11.7 Å². The van der Waals surface area contributed by atoms with E-state index >= 15 is 0 Å². The number of aromatic carboxylic acids is 1. The number of likely N-dealkylation sites (N-methyl/N-ethyl adjacent to an activating group) is 1. The minimum absolute atomic E-state index is 0.0442. The van der Waals surface area contributed by atoms with Crippen LogP contribution in [-0.4, -0.2) is 60.1 Å². The van der Waals surface area contributed by atoms with E-state index in [2.05, 4.69) is 11.9 Å². The van der Waals surface area contributed by atoms with Crippen molar-refractivity contribution in [1.29, 1.82) is 0 Å². The van der Waals surface area contributed by atoms with Crippen molar-refractivity contribution in [3.05, 3.63) is 29.3 Å². The molecule has 1 fully saturated rings. The van der Waals surface area contributed by atoms with Crippen molar-refractivity contribution < 1.29 is 24.4 Å². The van der Waals surface area contributed by atoms with Crippen molar-refractivity contribution in [3.63, 3.8) is 0 Å². The Kier molecular flexibility index (Phi) is 7.32. The van der Waals surface area contributed by atoms with Crippen LogP contribution in [0.5, 0.6) is 5.75 Å². The predicted octanol–water partition coefficient (Wildman–Crippen LogP) is 1.97. The second-order valence-electron chi connectivity index (χ2n) is 8.46. The molecule has 1 atom stereocenters. The highest BCUT2D eigenvalue weighted by atomic mass is 16.5. The Bertz CT molecular complexity index is 736. The van der Waals surface area contributed by atoms with E-state index in [4.69, 9.17) is 10.4 Å². The number of ketones is 1. The Labute approximate surface area is 172 Å². The SMILES string of the molecule is CN(CCN)C1CCC(CC(=O)C[C@H]2Cc3cccc(C(=O)O)c3OB2O)CC1. The van der Waals surface area contributed by atoms with Crippen LogP contribution < -0.4 is 10.4 Å². The first-order valence-corrected chi connectivity index (χ1v) is 10.5. The molecule has 1 aromatic rings. The maximum absolute atomic E-state index is 12.6. The number of carboxylic acid groups (broad SMARTS) is 1. The molecule has 0 saturated heterocycles. The first-order valence-electron chi connectivity index (χ1n) is 10.5. The van der Waals surface area contributed by atoms with Crippen molar-refractivity contribution in [1.82, 2.24) is 4.90 Å². The lowest BCUT2D eigenvalue weighted by Gasteiger charge is -2.34. The van der Waals surface area contributed by atoms with Crippen LogP contribution in [0.1, 0.15) is 54.4 Å². The summed E-state index contributed by atoms with van der Waals surface area (Å²) < 4.78 is 5.50. The largest absolute Gasteiger partial charge is 0.535 e. The lowest BCUT2D eigenvalue weighted by Crippen LogP contribution is -2.38. The number of carbonyl (C=O) groups is 2. The van der Waals surface area contributed by atoms with Gasteiger partial charge in [0.1, 0.15) is 11.5 Å². The van der Waals surface area contributed by atoms with Gasteiger partial charge in [-0.15, -0.1) is 0 Å². The molecular formula is C21H31BN2O5. The average Bonchev–Trinajstić information content (AvgIpc) is 2.68. The fraction of sp³-hybridized carbons (Fsp3) is 0.619. The number of nitrogens with two attached hydrogens (primary N) is 1. The Hall–Kier alpha value is -1.90. The summed E-state index contributed by atoms with van der Waals surface area (Å²) in [6.07, 6.45) is 5.51. The van der Waals surface area contributed by atoms with E-state index in [1.807, 2.05) is 0 Å². The van der Waals surface area contributed by atoms with Gasteiger partial charge in [0, 0.05) is 37.8 Å². The monoisotopic (exact) mass is 402 g/mol. The van der Waals surface area contributed by atoms with Crippen molar-refractivity contribution in [2.75, 3.05) is 20.1 Å². The standard InChI is InChI=1S/C21H31BN2O5/c1-24(10-9-23)17-7-5-14(6-8-17)11-18(25)13-16-12-15-3-2-4-19(21(26)27)20(15)29-22(16)28/h2-4,14,16-17,28H,5-13,23H2,1H3,(H,26,27)/t14?,16-,17?/m1/s1. The van der Waals surface area contributed by atoms with Gasteiger partial charge < -0.3 is 25.4 Å². The fourth-order valence-electron chi connectivity index (χ4n) is 4.70. The quantitative estimate of drug-likeness (QED) is 0.570. The number of carbonyl (C=O) groups excluding carboxylic acids is 1. The minimum Gasteiger partial charge on any atom is -0.535 e. The van der Waals surface area contributed by atoms with Crippen LogP contribution >= 0.6 is 0 Å². The Morgan fingerprint density at radius 1 is 1.24 bits per heavy atom. The Morgan fingerprint density at radius 2 is 1.97 bits per heavy atom. The highest BCUT2D eigenvalue weighted by molar-refractivity contribution is 6.47. The van der Waals surface area contributed by atoms with Gasteiger partial charge in [-0.1, -0.05) is 12.1 Å². The first kappa shape index (κ1) is 21.8. The van der Waals surface area contributed by atoms with E-state index in [-0.39, 0.29) is 29.3 Å². The van der Waals surface area contributed by atoms with Crippen LogP contribution in [-0.2, 0) is 11.2 Å². The molecule has 1 aliphatic carbocycles. The highest BCUT2D eigenvalue weighted by Crippen LogP contribution is 2.37. The topological polar surface area (TPSA) is 113 Å². The molecular weight excluding hydrogens is 371 g/mol. The van der Waals surface area contributed by atoms with Gasteiger partial charge in [-0.05, 0) is 56.7 Å². The maximum Gasteiger partial charge on any atom is 0.526 e. The molecule has 0 amide bonds. The average molecular weight is 402 g/mol. The first-order chi connectivity index (χ1) is 13.9. The smallest absolute Gasteiger partial charge is 0.526 e. The summed E-state index contributed by atoms with van der Waals surface area (Å²) in [4.78, 5) is 26.3. The van der Waals surface area contributed by atoms with Gasteiger partial charge in [-0.3, -0.25) is 4.79 Å². The van der Waals surface area contributed by atoms with Crippen molar-refractivity contribution in [3.8, 4) is 5.75 Å². The number of para-hydroxylation sites is 1. The van der Waals surface area contributed by atoms with Crippen LogP contribution in [0, 0.1) is 5.92 Å². The van der Waals surface area contributed by atoms with E-state index in [0.29, 0.717) is 31.3 Å². The van der Waals surface area contributed by atoms with E-state index in [0.717, 1.165) is 37.8 Å². The Morgan fingerprint density at radius 3 is 2.62 bits per heavy atom. The van der Waals surface area contributed by atoms with Crippen LogP contribution in [0.4, 0.5) is 0 Å². The van der Waals surface area contributed by atoms with Gasteiger partial charge in [0.2, 0.25) is 0 Å². The molecule has 8 heteroatoms. The molecule has 0 radical (unpaired) electrons. The molecule has 158 valence electrons. The second-order valence-corrected chi connectivity index (χ2v) is 8.46. The summed E-state index contributed by atoms with van der Waals surface area (Å²) >= 11 is 0. The molecule has 1 saturated carbocycles. The summed E-state index contributed by atoms with van der Waals surface area (Å²) in [7, 11) is 0.953.